The lowest BCUT2D eigenvalue weighted by Crippen LogP contribution is -2.28. The van der Waals surface area contributed by atoms with Crippen LogP contribution in [0.3, 0.4) is 0 Å². The van der Waals surface area contributed by atoms with Crippen molar-refractivity contribution in [1.29, 1.82) is 0 Å². The van der Waals surface area contributed by atoms with Crippen LogP contribution in [0.4, 0.5) is 16.3 Å². The molecule has 2 rings (SSSR count). The Morgan fingerprint density at radius 2 is 1.86 bits per heavy atom. The van der Waals surface area contributed by atoms with Crippen LogP contribution >= 0.6 is 0 Å². The van der Waals surface area contributed by atoms with E-state index in [1.54, 1.807) is 18.2 Å². The van der Waals surface area contributed by atoms with E-state index >= 15 is 0 Å². The van der Waals surface area contributed by atoms with Gasteiger partial charge in [-0.1, -0.05) is 13.8 Å². The summed E-state index contributed by atoms with van der Waals surface area (Å²) in [4.78, 5) is 20.7. The molecule has 0 aliphatic heterocycles. The first kappa shape index (κ1) is 22.8. The average Bonchev–Trinajstić information content (AvgIpc) is 2.68. The number of amides is 2. The van der Waals surface area contributed by atoms with E-state index in [0.717, 1.165) is 5.56 Å². The second-order valence-electron chi connectivity index (χ2n) is 6.93. The highest BCUT2D eigenvalue weighted by atomic mass is 32.2. The van der Waals surface area contributed by atoms with Crippen LogP contribution in [0.2, 0.25) is 0 Å². The minimum atomic E-state index is -1.04. The molecule has 0 saturated carbocycles. The monoisotopic (exact) mass is 419 g/mol. The molecule has 0 fully saturated rings. The molecule has 0 aliphatic carbocycles. The van der Waals surface area contributed by atoms with Gasteiger partial charge in [0.15, 0.2) is 5.82 Å². The van der Waals surface area contributed by atoms with Gasteiger partial charge in [0.1, 0.15) is 5.82 Å². The number of benzene rings is 1. The fourth-order valence-corrected chi connectivity index (χ4v) is 3.20. The lowest BCUT2D eigenvalue weighted by Gasteiger charge is -2.14. The SMILES string of the molecule is CCNC(=O)Nc1ccc(-c2nc(CS(=O)C(C)C)cc(N[C@@H](C)CO)n2)cc1. The van der Waals surface area contributed by atoms with Crippen molar-refractivity contribution in [2.45, 2.75) is 44.7 Å². The molecule has 2 amide bonds. The molecular formula is C20H29N5O3S. The molecule has 2 atom stereocenters. The summed E-state index contributed by atoms with van der Waals surface area (Å²) in [6, 6.07) is 8.51. The number of aliphatic hydroxyl groups excluding tert-OH is 1. The van der Waals surface area contributed by atoms with E-state index in [2.05, 4.69) is 25.9 Å². The summed E-state index contributed by atoms with van der Waals surface area (Å²) in [5.74, 6) is 1.38. The number of nitrogens with zero attached hydrogens (tertiary/aromatic N) is 2. The van der Waals surface area contributed by atoms with Crippen LogP contribution in [0.15, 0.2) is 30.3 Å². The average molecular weight is 420 g/mol. The van der Waals surface area contributed by atoms with E-state index in [4.69, 9.17) is 0 Å². The Balaban J connectivity index is 2.30. The maximum absolute atomic E-state index is 12.3. The van der Waals surface area contributed by atoms with Crippen LogP contribution in [0.25, 0.3) is 11.4 Å². The Kier molecular flexibility index (Phi) is 8.53. The maximum Gasteiger partial charge on any atom is 0.319 e. The molecule has 0 aliphatic rings. The molecule has 29 heavy (non-hydrogen) atoms. The Morgan fingerprint density at radius 1 is 1.17 bits per heavy atom. The van der Waals surface area contributed by atoms with Gasteiger partial charge in [-0.3, -0.25) is 4.21 Å². The Labute approximate surface area is 174 Å². The molecule has 0 radical (unpaired) electrons. The standard InChI is InChI=1S/C20H29N5O3S/c1-5-21-20(27)24-16-8-6-15(7-9-16)19-23-17(12-29(28)13(2)3)10-18(25-19)22-14(4)11-26/h6-10,13-14,26H,5,11-12H2,1-4H3,(H2,21,24,27)(H,22,23,25)/t14-,29?/m0/s1. The van der Waals surface area contributed by atoms with Crippen LogP contribution in [0, 0.1) is 0 Å². The number of urea groups is 1. The topological polar surface area (TPSA) is 116 Å². The zero-order chi connectivity index (χ0) is 21.4. The van der Waals surface area contributed by atoms with Gasteiger partial charge in [-0.2, -0.15) is 0 Å². The van der Waals surface area contributed by atoms with E-state index in [1.165, 1.54) is 0 Å². The summed E-state index contributed by atoms with van der Waals surface area (Å²) in [5, 5.41) is 17.9. The molecule has 9 heteroatoms. The number of aromatic nitrogens is 2. The highest BCUT2D eigenvalue weighted by Crippen LogP contribution is 2.22. The van der Waals surface area contributed by atoms with E-state index in [1.807, 2.05) is 39.8 Å². The fraction of sp³-hybridized carbons (Fsp3) is 0.450. The smallest absolute Gasteiger partial charge is 0.319 e. The summed E-state index contributed by atoms with van der Waals surface area (Å²) in [6.07, 6.45) is 0. The van der Waals surface area contributed by atoms with E-state index in [-0.39, 0.29) is 23.9 Å². The molecular weight excluding hydrogens is 390 g/mol. The summed E-state index contributed by atoms with van der Waals surface area (Å²) < 4.78 is 12.3. The number of carbonyl (C=O) groups excluding carboxylic acids is 1. The number of nitrogens with one attached hydrogen (secondary N) is 3. The second-order valence-corrected chi connectivity index (χ2v) is 8.92. The van der Waals surface area contributed by atoms with Gasteiger partial charge in [0.2, 0.25) is 0 Å². The predicted octanol–water partition coefficient (Wildman–Crippen LogP) is 2.73. The number of hydrogen-bond donors (Lipinski definition) is 4. The quantitative estimate of drug-likeness (QED) is 0.497. The van der Waals surface area contributed by atoms with E-state index in [9.17, 15) is 14.1 Å². The zero-order valence-electron chi connectivity index (χ0n) is 17.2. The molecule has 1 heterocycles. The molecule has 158 valence electrons. The molecule has 1 aromatic carbocycles. The van der Waals surface area contributed by atoms with Crippen LogP contribution in [0.1, 0.15) is 33.4 Å². The van der Waals surface area contributed by atoms with Crippen molar-refractivity contribution >= 4 is 28.3 Å². The highest BCUT2D eigenvalue weighted by Gasteiger charge is 2.13. The van der Waals surface area contributed by atoms with Crippen LogP contribution < -0.4 is 16.0 Å². The van der Waals surface area contributed by atoms with E-state index in [0.29, 0.717) is 35.3 Å². The van der Waals surface area contributed by atoms with Crippen molar-refractivity contribution in [1.82, 2.24) is 15.3 Å². The third kappa shape index (κ3) is 7.10. The summed E-state index contributed by atoms with van der Waals surface area (Å²) in [6.45, 7) is 8.02. The Hall–Kier alpha value is -2.52. The Bertz CT molecular complexity index is 843. The fourth-order valence-electron chi connectivity index (χ4n) is 2.42. The van der Waals surface area contributed by atoms with Crippen molar-refractivity contribution in [2.75, 3.05) is 23.8 Å². The highest BCUT2D eigenvalue weighted by molar-refractivity contribution is 7.84. The van der Waals surface area contributed by atoms with Crippen molar-refractivity contribution in [2.24, 2.45) is 0 Å². The Morgan fingerprint density at radius 3 is 2.45 bits per heavy atom. The lowest BCUT2D eigenvalue weighted by atomic mass is 10.2. The first-order chi connectivity index (χ1) is 13.8. The molecule has 0 spiro atoms. The molecule has 0 bridgehead atoms. The summed E-state index contributed by atoms with van der Waals surface area (Å²) >= 11 is 0. The van der Waals surface area contributed by atoms with Crippen LogP contribution in [0.5, 0.6) is 0 Å². The first-order valence-electron chi connectivity index (χ1n) is 9.60. The third-order valence-corrected chi connectivity index (χ3v) is 5.63. The lowest BCUT2D eigenvalue weighted by molar-refractivity contribution is 0.252. The summed E-state index contributed by atoms with van der Waals surface area (Å²) in [5.41, 5.74) is 2.09. The van der Waals surface area contributed by atoms with Gasteiger partial charge < -0.3 is 21.1 Å². The van der Waals surface area contributed by atoms with Gasteiger partial charge in [0.05, 0.1) is 18.1 Å². The second kappa shape index (κ2) is 10.9. The van der Waals surface area contributed by atoms with Gasteiger partial charge >= 0.3 is 6.03 Å². The molecule has 4 N–H and O–H groups in total. The van der Waals surface area contributed by atoms with Gasteiger partial charge in [-0.25, -0.2) is 14.8 Å². The molecule has 8 nitrogen and oxygen atoms in total. The van der Waals surface area contributed by atoms with Gasteiger partial charge in [-0.05, 0) is 38.1 Å². The number of aliphatic hydroxyl groups is 1. The minimum absolute atomic E-state index is 0.0285. The van der Waals surface area contributed by atoms with Gasteiger partial charge in [0.25, 0.3) is 0 Å². The first-order valence-corrected chi connectivity index (χ1v) is 11.0. The number of anilines is 2. The molecule has 1 aromatic heterocycles. The molecule has 2 aromatic rings. The van der Waals surface area contributed by atoms with Gasteiger partial charge in [-0.15, -0.1) is 0 Å². The van der Waals surface area contributed by atoms with Gasteiger partial charge in [0, 0.05) is 46.0 Å². The molecule has 0 saturated heterocycles. The number of carbonyl (C=O) groups is 1. The molecule has 1 unspecified atom stereocenters. The van der Waals surface area contributed by atoms with Crippen molar-refractivity contribution < 1.29 is 14.1 Å². The maximum atomic E-state index is 12.3. The van der Waals surface area contributed by atoms with Crippen molar-refractivity contribution in [3.8, 4) is 11.4 Å². The van der Waals surface area contributed by atoms with Crippen molar-refractivity contribution in [3.05, 3.63) is 36.0 Å². The largest absolute Gasteiger partial charge is 0.394 e. The van der Waals surface area contributed by atoms with Crippen molar-refractivity contribution in [3.63, 3.8) is 0 Å². The predicted molar refractivity (Wildman–Crippen MR) is 117 cm³/mol. The van der Waals surface area contributed by atoms with Crippen LogP contribution in [-0.2, 0) is 16.6 Å². The van der Waals surface area contributed by atoms with E-state index < -0.39 is 10.8 Å². The number of hydrogen-bond acceptors (Lipinski definition) is 6. The third-order valence-electron chi connectivity index (χ3n) is 4.00. The normalized spacial score (nSPS) is 13.0. The summed E-state index contributed by atoms with van der Waals surface area (Å²) in [7, 11) is -1.04. The number of rotatable bonds is 9. The minimum Gasteiger partial charge on any atom is -0.394 e. The van der Waals surface area contributed by atoms with Crippen LogP contribution in [-0.4, -0.2) is 49.8 Å². The zero-order valence-corrected chi connectivity index (χ0v) is 18.0.